The lowest BCUT2D eigenvalue weighted by Gasteiger charge is -2.62. The van der Waals surface area contributed by atoms with Crippen molar-refractivity contribution in [3.8, 4) is 56.4 Å². The van der Waals surface area contributed by atoms with Gasteiger partial charge in [-0.1, -0.05) is 158 Å². The van der Waals surface area contributed by atoms with Crippen molar-refractivity contribution in [3.05, 3.63) is 169 Å². The highest BCUT2D eigenvalue weighted by atomic mass is 31.2. The molecule has 7 aromatic rings. The van der Waals surface area contributed by atoms with E-state index in [4.69, 9.17) is 15.0 Å². The Balaban J connectivity index is 1.06. The molecule has 56 heavy (non-hydrogen) atoms. The van der Waals surface area contributed by atoms with E-state index in [1.54, 1.807) is 0 Å². The first-order chi connectivity index (χ1) is 27.3. The molecule has 1 aromatic heterocycles. The van der Waals surface area contributed by atoms with Gasteiger partial charge in [0, 0.05) is 27.4 Å². The van der Waals surface area contributed by atoms with Gasteiger partial charge in [-0.15, -0.1) is 0 Å². The molecule has 0 amide bonds. The number of rotatable bonds is 8. The van der Waals surface area contributed by atoms with Crippen LogP contribution in [0.1, 0.15) is 43.2 Å². The summed E-state index contributed by atoms with van der Waals surface area (Å²) in [6.45, 7) is 3.67. The van der Waals surface area contributed by atoms with Gasteiger partial charge >= 0.3 is 0 Å². The van der Waals surface area contributed by atoms with Gasteiger partial charge in [-0.2, -0.15) is 0 Å². The van der Waals surface area contributed by atoms with Crippen LogP contribution < -0.4 is 5.30 Å². The standard InChI is InChI=1S/C51H46N3OP/c1-56(2,55)45-27-21-37(22-28-45)36-17-23-41(24-18-36)51(43-30-34-29-35(32-43)33-44(51)31-34)42-25-19-40(20-26-42)49-52-48(39-13-7-4-8-14-39)53-50(54-49)47-16-10-9-15-46(47)38-11-5-3-6-12-38/h3-28,34-35,43-44H,29-33H2,1-2H3. The Kier molecular flexibility index (Phi) is 8.71. The second-order valence-corrected chi connectivity index (χ2v) is 20.0. The van der Waals surface area contributed by atoms with E-state index in [1.807, 2.05) is 49.7 Å². The van der Waals surface area contributed by atoms with Gasteiger partial charge in [0.25, 0.3) is 0 Å². The summed E-state index contributed by atoms with van der Waals surface area (Å²) in [5.41, 5.74) is 10.4. The van der Waals surface area contributed by atoms with Crippen LogP contribution >= 0.6 is 7.14 Å². The minimum Gasteiger partial charge on any atom is -0.319 e. The molecule has 0 radical (unpaired) electrons. The number of benzene rings is 6. The van der Waals surface area contributed by atoms with E-state index in [0.29, 0.717) is 29.3 Å². The van der Waals surface area contributed by atoms with Gasteiger partial charge in [-0.05, 0) is 102 Å². The van der Waals surface area contributed by atoms with Crippen LogP contribution in [0.3, 0.4) is 0 Å². The van der Waals surface area contributed by atoms with Crippen molar-refractivity contribution in [1.82, 2.24) is 15.0 Å². The average molecular weight is 748 g/mol. The van der Waals surface area contributed by atoms with E-state index in [1.165, 1.54) is 48.8 Å². The third-order valence-electron chi connectivity index (χ3n) is 13.2. The van der Waals surface area contributed by atoms with Crippen molar-refractivity contribution in [1.29, 1.82) is 0 Å². The van der Waals surface area contributed by atoms with Gasteiger partial charge in [-0.25, -0.2) is 15.0 Å². The van der Waals surface area contributed by atoms with Gasteiger partial charge in [0.2, 0.25) is 0 Å². The van der Waals surface area contributed by atoms with E-state index in [0.717, 1.165) is 50.5 Å². The fourth-order valence-electron chi connectivity index (χ4n) is 10.8. The topological polar surface area (TPSA) is 55.7 Å². The van der Waals surface area contributed by atoms with Gasteiger partial charge in [0.15, 0.2) is 17.5 Å². The molecule has 0 N–H and O–H groups in total. The number of aromatic nitrogens is 3. The van der Waals surface area contributed by atoms with Gasteiger partial charge in [0.1, 0.15) is 7.14 Å². The predicted molar refractivity (Wildman–Crippen MR) is 230 cm³/mol. The Morgan fingerprint density at radius 1 is 0.429 bits per heavy atom. The molecule has 4 aliphatic rings. The van der Waals surface area contributed by atoms with Crippen LogP contribution in [0.4, 0.5) is 0 Å². The lowest BCUT2D eigenvalue weighted by atomic mass is 9.42. The Labute approximate surface area is 330 Å². The molecule has 4 bridgehead atoms. The fraction of sp³-hybridized carbons (Fsp3) is 0.235. The molecule has 0 atom stereocenters. The second kappa shape index (κ2) is 13.9. The summed E-state index contributed by atoms with van der Waals surface area (Å²) in [6.07, 6.45) is 6.65. The summed E-state index contributed by atoms with van der Waals surface area (Å²) in [5.74, 6) is 4.98. The zero-order valence-electron chi connectivity index (χ0n) is 32.1. The van der Waals surface area contributed by atoms with Crippen molar-refractivity contribution >= 4 is 12.4 Å². The summed E-state index contributed by atoms with van der Waals surface area (Å²) < 4.78 is 12.7. The van der Waals surface area contributed by atoms with Crippen molar-refractivity contribution in [3.63, 3.8) is 0 Å². The minimum atomic E-state index is -2.29. The Hall–Kier alpha value is -5.44. The molecule has 1 heterocycles. The normalized spacial score (nSPS) is 22.6. The molecule has 4 fully saturated rings. The van der Waals surface area contributed by atoms with Crippen LogP contribution in [-0.4, -0.2) is 28.3 Å². The van der Waals surface area contributed by atoms with Crippen molar-refractivity contribution < 1.29 is 4.57 Å². The van der Waals surface area contributed by atoms with E-state index in [-0.39, 0.29) is 5.41 Å². The van der Waals surface area contributed by atoms with Crippen LogP contribution in [0.25, 0.3) is 56.4 Å². The number of nitrogens with zero attached hydrogens (tertiary/aromatic N) is 3. The third kappa shape index (κ3) is 6.16. The highest BCUT2D eigenvalue weighted by Gasteiger charge is 2.58. The lowest BCUT2D eigenvalue weighted by Crippen LogP contribution is -2.56. The maximum Gasteiger partial charge on any atom is 0.164 e. The zero-order chi connectivity index (χ0) is 37.9. The quantitative estimate of drug-likeness (QED) is 0.145. The minimum absolute atomic E-state index is 0.0283. The molecule has 0 aliphatic heterocycles. The first-order valence-corrected chi connectivity index (χ1v) is 22.8. The van der Waals surface area contributed by atoms with E-state index in [2.05, 4.69) is 121 Å². The van der Waals surface area contributed by atoms with Crippen molar-refractivity contribution in [2.24, 2.45) is 23.7 Å². The third-order valence-corrected chi connectivity index (χ3v) is 14.7. The first kappa shape index (κ1) is 35.0. The first-order valence-electron chi connectivity index (χ1n) is 20.2. The molecule has 0 spiro atoms. The summed E-state index contributed by atoms with van der Waals surface area (Å²) in [4.78, 5) is 15.4. The molecule has 0 saturated heterocycles. The maximum absolute atomic E-state index is 12.7. The maximum atomic E-state index is 12.7. The van der Waals surface area contributed by atoms with Crippen LogP contribution in [0.15, 0.2) is 158 Å². The molecule has 0 unspecified atom stereocenters. The van der Waals surface area contributed by atoms with E-state index >= 15 is 0 Å². The number of hydrogen-bond donors (Lipinski definition) is 0. The molecule has 11 rings (SSSR count). The van der Waals surface area contributed by atoms with E-state index in [9.17, 15) is 4.57 Å². The predicted octanol–water partition coefficient (Wildman–Crippen LogP) is 12.2. The molecule has 4 saturated carbocycles. The molecular formula is C51H46N3OP. The summed E-state index contributed by atoms with van der Waals surface area (Å²) in [6, 6.07) is 56.2. The number of hydrogen-bond acceptors (Lipinski definition) is 4. The molecule has 276 valence electrons. The van der Waals surface area contributed by atoms with Gasteiger partial charge in [0.05, 0.1) is 0 Å². The second-order valence-electron chi connectivity index (χ2n) is 16.8. The molecule has 5 heteroatoms. The van der Waals surface area contributed by atoms with Crippen LogP contribution in [-0.2, 0) is 9.98 Å². The molecule has 6 aromatic carbocycles. The SMILES string of the molecule is CP(C)(=O)c1ccc(-c2ccc(C3(c4ccc(-c5nc(-c6ccccc6)nc(-c6ccccc6-c6ccccc6)n5)cc4)C4CC5CC(C4)CC3C5)cc2)cc1. The van der Waals surface area contributed by atoms with E-state index < -0.39 is 7.14 Å². The summed E-state index contributed by atoms with van der Waals surface area (Å²) in [7, 11) is -2.29. The lowest BCUT2D eigenvalue weighted by molar-refractivity contribution is -0.0418. The largest absolute Gasteiger partial charge is 0.319 e. The smallest absolute Gasteiger partial charge is 0.164 e. The fourth-order valence-corrected chi connectivity index (χ4v) is 11.6. The van der Waals surface area contributed by atoms with Crippen molar-refractivity contribution in [2.75, 3.05) is 13.3 Å². The Morgan fingerprint density at radius 3 is 1.36 bits per heavy atom. The summed E-state index contributed by atoms with van der Waals surface area (Å²) in [5, 5.41) is 0.926. The monoisotopic (exact) mass is 747 g/mol. The van der Waals surface area contributed by atoms with Crippen LogP contribution in [0.5, 0.6) is 0 Å². The van der Waals surface area contributed by atoms with Gasteiger partial charge in [-0.3, -0.25) is 0 Å². The molecule has 4 aliphatic carbocycles. The Bertz CT molecular complexity index is 2530. The Morgan fingerprint density at radius 2 is 0.839 bits per heavy atom. The van der Waals surface area contributed by atoms with Crippen LogP contribution in [0, 0.1) is 23.7 Å². The van der Waals surface area contributed by atoms with Gasteiger partial charge < -0.3 is 4.57 Å². The average Bonchev–Trinajstić information content (AvgIpc) is 3.24. The zero-order valence-corrected chi connectivity index (χ0v) is 32.9. The molecular weight excluding hydrogens is 702 g/mol. The highest BCUT2D eigenvalue weighted by Crippen LogP contribution is 2.65. The van der Waals surface area contributed by atoms with Crippen LogP contribution in [0.2, 0.25) is 0 Å². The summed E-state index contributed by atoms with van der Waals surface area (Å²) >= 11 is 0. The highest BCUT2D eigenvalue weighted by molar-refractivity contribution is 7.70. The van der Waals surface area contributed by atoms with Crippen molar-refractivity contribution in [2.45, 2.75) is 37.5 Å². The molecule has 4 nitrogen and oxygen atoms in total.